The Bertz CT molecular complexity index is 350. The molecule has 1 aromatic heterocycles. The van der Waals surface area contributed by atoms with Crippen LogP contribution in [0, 0.1) is 11.3 Å². The fourth-order valence-electron chi connectivity index (χ4n) is 1.58. The first-order chi connectivity index (χ1) is 7.69. The average Bonchev–Trinajstić information content (AvgIpc) is 2.72. The molecule has 0 N–H and O–H groups in total. The summed E-state index contributed by atoms with van der Waals surface area (Å²) in [5, 5.41) is 12.8. The maximum atomic E-state index is 8.57. The molecular formula is C11H19N5. The number of rotatable bonds is 6. The fraction of sp³-hybridized carbons (Fsp3) is 0.727. The number of nitrogens with zero attached hydrogens (tertiary/aromatic N) is 5. The summed E-state index contributed by atoms with van der Waals surface area (Å²) in [7, 11) is 0. The van der Waals surface area contributed by atoms with Gasteiger partial charge >= 0.3 is 0 Å². The molecule has 88 valence electrons. The van der Waals surface area contributed by atoms with Gasteiger partial charge in [-0.05, 0) is 20.4 Å². The summed E-state index contributed by atoms with van der Waals surface area (Å²) >= 11 is 0. The van der Waals surface area contributed by atoms with Gasteiger partial charge in [-0.25, -0.2) is 9.67 Å². The second kappa shape index (κ2) is 6.23. The first-order valence-electron chi connectivity index (χ1n) is 5.66. The topological polar surface area (TPSA) is 57.7 Å². The predicted molar refractivity (Wildman–Crippen MR) is 61.6 cm³/mol. The van der Waals surface area contributed by atoms with Gasteiger partial charge in [0.05, 0.1) is 12.6 Å². The molecule has 1 heterocycles. The third-order valence-electron chi connectivity index (χ3n) is 2.49. The van der Waals surface area contributed by atoms with Crippen molar-refractivity contribution < 1.29 is 0 Å². The molecule has 1 aromatic rings. The SMILES string of the molecule is CCN(CCC#N)Cc1ncnn1C(C)C. The zero-order chi connectivity index (χ0) is 12.0. The first kappa shape index (κ1) is 12.7. The lowest BCUT2D eigenvalue weighted by Crippen LogP contribution is -2.26. The Morgan fingerprint density at radius 2 is 2.31 bits per heavy atom. The van der Waals surface area contributed by atoms with Crippen molar-refractivity contribution >= 4 is 0 Å². The summed E-state index contributed by atoms with van der Waals surface area (Å²) in [5.74, 6) is 0.967. The van der Waals surface area contributed by atoms with E-state index in [-0.39, 0.29) is 0 Å². The highest BCUT2D eigenvalue weighted by Crippen LogP contribution is 2.08. The molecule has 0 aliphatic carbocycles. The summed E-state index contributed by atoms with van der Waals surface area (Å²) in [4.78, 5) is 6.46. The average molecular weight is 221 g/mol. The molecule has 5 heteroatoms. The molecule has 0 bridgehead atoms. The monoisotopic (exact) mass is 221 g/mol. The highest BCUT2D eigenvalue weighted by molar-refractivity contribution is 4.87. The van der Waals surface area contributed by atoms with Gasteiger partial charge in [0.25, 0.3) is 0 Å². The van der Waals surface area contributed by atoms with Crippen LogP contribution >= 0.6 is 0 Å². The van der Waals surface area contributed by atoms with E-state index < -0.39 is 0 Å². The third-order valence-corrected chi connectivity index (χ3v) is 2.49. The van der Waals surface area contributed by atoms with E-state index >= 15 is 0 Å². The molecule has 0 amide bonds. The summed E-state index contributed by atoms with van der Waals surface area (Å²) in [6, 6.07) is 2.49. The maximum absolute atomic E-state index is 8.57. The Kier molecular flexibility index (Phi) is 4.93. The van der Waals surface area contributed by atoms with E-state index in [4.69, 9.17) is 5.26 Å². The van der Waals surface area contributed by atoms with Crippen molar-refractivity contribution in [3.05, 3.63) is 12.2 Å². The van der Waals surface area contributed by atoms with Crippen LogP contribution < -0.4 is 0 Å². The van der Waals surface area contributed by atoms with E-state index in [0.29, 0.717) is 12.5 Å². The highest BCUT2D eigenvalue weighted by atomic mass is 15.4. The number of hydrogen-bond acceptors (Lipinski definition) is 4. The number of nitriles is 1. The van der Waals surface area contributed by atoms with Gasteiger partial charge < -0.3 is 0 Å². The van der Waals surface area contributed by atoms with Crippen molar-refractivity contribution in [3.8, 4) is 6.07 Å². The van der Waals surface area contributed by atoms with Crippen molar-refractivity contribution in [3.63, 3.8) is 0 Å². The number of hydrogen-bond donors (Lipinski definition) is 0. The van der Waals surface area contributed by atoms with Gasteiger partial charge in [-0.1, -0.05) is 6.92 Å². The van der Waals surface area contributed by atoms with Crippen LogP contribution in [0.2, 0.25) is 0 Å². The van der Waals surface area contributed by atoms with Crippen LogP contribution in [0.5, 0.6) is 0 Å². The van der Waals surface area contributed by atoms with Gasteiger partial charge in [0.1, 0.15) is 12.2 Å². The predicted octanol–water partition coefficient (Wildman–Crippen LogP) is 1.59. The molecular weight excluding hydrogens is 202 g/mol. The van der Waals surface area contributed by atoms with Crippen LogP contribution in [-0.4, -0.2) is 32.8 Å². The van der Waals surface area contributed by atoms with Gasteiger partial charge in [-0.2, -0.15) is 10.4 Å². The second-order valence-corrected chi connectivity index (χ2v) is 3.99. The maximum Gasteiger partial charge on any atom is 0.141 e. The third kappa shape index (κ3) is 3.31. The second-order valence-electron chi connectivity index (χ2n) is 3.99. The highest BCUT2D eigenvalue weighted by Gasteiger charge is 2.11. The first-order valence-corrected chi connectivity index (χ1v) is 5.66. The lowest BCUT2D eigenvalue weighted by atomic mass is 10.3. The van der Waals surface area contributed by atoms with Crippen LogP contribution in [0.1, 0.15) is 39.1 Å². The Balaban J connectivity index is 2.63. The molecule has 5 nitrogen and oxygen atoms in total. The van der Waals surface area contributed by atoms with Crippen molar-refractivity contribution in [2.24, 2.45) is 0 Å². The van der Waals surface area contributed by atoms with Crippen LogP contribution in [0.3, 0.4) is 0 Å². The minimum absolute atomic E-state index is 0.326. The van der Waals surface area contributed by atoms with Gasteiger partial charge in [0.15, 0.2) is 0 Å². The molecule has 0 spiro atoms. The normalized spacial score (nSPS) is 11.0. The summed E-state index contributed by atoms with van der Waals surface area (Å²) in [6.45, 7) is 8.74. The summed E-state index contributed by atoms with van der Waals surface area (Å²) < 4.78 is 1.93. The molecule has 0 atom stereocenters. The minimum atomic E-state index is 0.326. The molecule has 0 aliphatic rings. The van der Waals surface area contributed by atoms with Gasteiger partial charge in [0, 0.05) is 19.0 Å². The van der Waals surface area contributed by atoms with Gasteiger partial charge in [0.2, 0.25) is 0 Å². The fourth-order valence-corrected chi connectivity index (χ4v) is 1.58. The molecule has 0 aliphatic heterocycles. The van der Waals surface area contributed by atoms with Crippen LogP contribution in [0.15, 0.2) is 6.33 Å². The standard InChI is InChI=1S/C11H19N5/c1-4-15(7-5-6-12)8-11-13-9-14-16(11)10(2)3/h9-10H,4-5,7-8H2,1-3H3. The molecule has 1 rings (SSSR count). The van der Waals surface area contributed by atoms with E-state index in [1.165, 1.54) is 0 Å². The van der Waals surface area contributed by atoms with E-state index in [1.807, 2.05) is 4.68 Å². The molecule has 0 fully saturated rings. The lowest BCUT2D eigenvalue weighted by Gasteiger charge is -2.19. The minimum Gasteiger partial charge on any atom is -0.295 e. The molecule has 0 radical (unpaired) electrons. The Hall–Kier alpha value is -1.41. The molecule has 0 unspecified atom stereocenters. The Morgan fingerprint density at radius 1 is 1.56 bits per heavy atom. The van der Waals surface area contributed by atoms with Crippen LogP contribution in [-0.2, 0) is 6.54 Å². The molecule has 0 aromatic carbocycles. The van der Waals surface area contributed by atoms with E-state index in [0.717, 1.165) is 25.5 Å². The smallest absolute Gasteiger partial charge is 0.141 e. The van der Waals surface area contributed by atoms with Gasteiger partial charge in [-0.15, -0.1) is 0 Å². The summed E-state index contributed by atoms with van der Waals surface area (Å²) in [5.41, 5.74) is 0. The van der Waals surface area contributed by atoms with Crippen molar-refractivity contribution in [2.75, 3.05) is 13.1 Å². The molecule has 0 saturated heterocycles. The molecule has 16 heavy (non-hydrogen) atoms. The van der Waals surface area contributed by atoms with Crippen LogP contribution in [0.4, 0.5) is 0 Å². The number of aromatic nitrogens is 3. The largest absolute Gasteiger partial charge is 0.295 e. The van der Waals surface area contributed by atoms with Crippen molar-refractivity contribution in [2.45, 2.75) is 39.8 Å². The van der Waals surface area contributed by atoms with E-state index in [9.17, 15) is 0 Å². The molecule has 0 saturated carbocycles. The summed E-state index contributed by atoms with van der Waals surface area (Å²) in [6.07, 6.45) is 2.15. The quantitative estimate of drug-likeness (QED) is 0.732. The Morgan fingerprint density at radius 3 is 2.88 bits per heavy atom. The van der Waals surface area contributed by atoms with E-state index in [2.05, 4.69) is 41.8 Å². The van der Waals surface area contributed by atoms with Crippen molar-refractivity contribution in [1.82, 2.24) is 19.7 Å². The van der Waals surface area contributed by atoms with E-state index in [1.54, 1.807) is 6.33 Å². The van der Waals surface area contributed by atoms with Gasteiger partial charge in [-0.3, -0.25) is 4.90 Å². The Labute approximate surface area is 96.7 Å². The lowest BCUT2D eigenvalue weighted by molar-refractivity contribution is 0.270. The van der Waals surface area contributed by atoms with Crippen LogP contribution in [0.25, 0.3) is 0 Å². The van der Waals surface area contributed by atoms with Crippen molar-refractivity contribution in [1.29, 1.82) is 5.26 Å². The zero-order valence-electron chi connectivity index (χ0n) is 10.2. The zero-order valence-corrected chi connectivity index (χ0v) is 10.2.